The second kappa shape index (κ2) is 7.23. The highest BCUT2D eigenvalue weighted by molar-refractivity contribution is 7.98. The van der Waals surface area contributed by atoms with Gasteiger partial charge in [-0.3, -0.25) is 9.78 Å². The van der Waals surface area contributed by atoms with Crippen LogP contribution in [0.15, 0.2) is 52.3 Å². The Hall–Kier alpha value is -2.23. The zero-order valence-corrected chi connectivity index (χ0v) is 17.3. The summed E-state index contributed by atoms with van der Waals surface area (Å²) < 4.78 is 29.1. The summed E-state index contributed by atoms with van der Waals surface area (Å²) in [7, 11) is -3.62. The average Bonchev–Trinajstić information content (AvgIpc) is 2.70. The highest BCUT2D eigenvalue weighted by Gasteiger charge is 2.38. The maximum atomic E-state index is 13.1. The molecule has 2 aromatic heterocycles. The molecular formula is C20H20N4O3S2. The van der Waals surface area contributed by atoms with Gasteiger partial charge in [0, 0.05) is 48.8 Å². The van der Waals surface area contributed by atoms with Gasteiger partial charge in [0.2, 0.25) is 10.0 Å². The summed E-state index contributed by atoms with van der Waals surface area (Å²) in [5, 5.41) is 5.33. The normalized spacial score (nSPS) is 17.8. The van der Waals surface area contributed by atoms with Crippen molar-refractivity contribution < 1.29 is 8.42 Å². The van der Waals surface area contributed by atoms with Gasteiger partial charge in [-0.15, -0.1) is 0 Å². The predicted octanol–water partition coefficient (Wildman–Crippen LogP) is 1.90. The van der Waals surface area contributed by atoms with E-state index in [4.69, 9.17) is 0 Å². The number of fused-ring (bicyclic) bond motifs is 2. The molecule has 7 nitrogen and oxygen atoms in total. The van der Waals surface area contributed by atoms with Gasteiger partial charge >= 0.3 is 0 Å². The topological polar surface area (TPSA) is 85.2 Å². The number of rotatable bonds is 4. The van der Waals surface area contributed by atoms with Crippen LogP contribution in [0.3, 0.4) is 0 Å². The molecule has 0 aliphatic carbocycles. The number of hydrogen-bond donors (Lipinski definition) is 0. The predicted molar refractivity (Wildman–Crippen MR) is 112 cm³/mol. The monoisotopic (exact) mass is 428 g/mol. The molecule has 0 saturated carbocycles. The van der Waals surface area contributed by atoms with Gasteiger partial charge < -0.3 is 0 Å². The number of hydrogen-bond acceptors (Lipinski definition) is 6. The molecule has 2 aliphatic heterocycles. The van der Waals surface area contributed by atoms with Gasteiger partial charge in [-0.1, -0.05) is 18.2 Å². The van der Waals surface area contributed by atoms with Gasteiger partial charge in [-0.25, -0.2) is 13.1 Å². The molecular weight excluding hydrogens is 408 g/mol. The van der Waals surface area contributed by atoms with E-state index >= 15 is 0 Å². The summed E-state index contributed by atoms with van der Waals surface area (Å²) in [5.41, 5.74) is 2.41. The molecule has 0 atom stereocenters. The van der Waals surface area contributed by atoms with Crippen molar-refractivity contribution >= 4 is 32.7 Å². The second-order valence-corrected chi connectivity index (χ2v) is 10.5. The first kappa shape index (κ1) is 18.8. The molecule has 0 bridgehead atoms. The third kappa shape index (κ3) is 3.37. The van der Waals surface area contributed by atoms with Gasteiger partial charge in [0.05, 0.1) is 17.8 Å². The van der Waals surface area contributed by atoms with Gasteiger partial charge in [-0.2, -0.15) is 21.2 Å². The number of aryl methyl sites for hydroxylation is 1. The largest absolute Gasteiger partial charge is 0.268 e. The van der Waals surface area contributed by atoms with Crippen molar-refractivity contribution in [3.05, 3.63) is 64.2 Å². The van der Waals surface area contributed by atoms with Crippen molar-refractivity contribution in [3.8, 4) is 0 Å². The van der Waals surface area contributed by atoms with Gasteiger partial charge in [-0.05, 0) is 23.4 Å². The molecule has 0 unspecified atom stereocenters. The number of nitrogens with zero attached hydrogens (tertiary/aromatic N) is 4. The van der Waals surface area contributed by atoms with E-state index < -0.39 is 10.0 Å². The van der Waals surface area contributed by atoms with Crippen LogP contribution >= 0.6 is 11.8 Å². The van der Waals surface area contributed by atoms with E-state index in [1.165, 1.54) is 8.99 Å². The molecule has 29 heavy (non-hydrogen) atoms. The Kier molecular flexibility index (Phi) is 4.68. The SMILES string of the molecule is O=c1cc2c(nn1CC1CN(S(=O)(=O)c3cccc4cccnc34)C1)CCSC2. The summed E-state index contributed by atoms with van der Waals surface area (Å²) in [6.07, 6.45) is 2.48. The molecule has 0 N–H and O–H groups in total. The number of pyridine rings is 1. The van der Waals surface area contributed by atoms with E-state index in [1.54, 1.807) is 30.5 Å². The Bertz CT molecular complexity index is 1240. The number of benzene rings is 1. The number of sulfonamides is 1. The highest BCUT2D eigenvalue weighted by atomic mass is 32.2. The minimum absolute atomic E-state index is 0.0777. The quantitative estimate of drug-likeness (QED) is 0.631. The van der Waals surface area contributed by atoms with Crippen molar-refractivity contribution in [1.82, 2.24) is 19.1 Å². The van der Waals surface area contributed by atoms with E-state index in [0.29, 0.717) is 25.2 Å². The summed E-state index contributed by atoms with van der Waals surface area (Å²) >= 11 is 1.82. The van der Waals surface area contributed by atoms with E-state index in [1.807, 2.05) is 23.9 Å². The Morgan fingerprint density at radius 1 is 1.17 bits per heavy atom. The highest BCUT2D eigenvalue weighted by Crippen LogP contribution is 2.29. The smallest absolute Gasteiger partial charge is 0.267 e. The molecule has 9 heteroatoms. The molecule has 150 valence electrons. The lowest BCUT2D eigenvalue weighted by molar-refractivity contribution is 0.172. The minimum Gasteiger partial charge on any atom is -0.268 e. The van der Waals surface area contributed by atoms with Crippen molar-refractivity contribution in [2.75, 3.05) is 18.8 Å². The molecule has 0 radical (unpaired) electrons. The molecule has 5 rings (SSSR count). The first-order valence-electron chi connectivity index (χ1n) is 9.54. The first-order valence-corrected chi connectivity index (χ1v) is 12.1. The fraction of sp³-hybridized carbons (Fsp3) is 0.350. The second-order valence-electron chi connectivity index (χ2n) is 7.46. The lowest BCUT2D eigenvalue weighted by Crippen LogP contribution is -2.52. The fourth-order valence-corrected chi connectivity index (χ4v) is 6.60. The van der Waals surface area contributed by atoms with Crippen LogP contribution in [0.4, 0.5) is 0 Å². The summed E-state index contributed by atoms with van der Waals surface area (Å²) in [6, 6.07) is 10.5. The molecule has 1 fully saturated rings. The van der Waals surface area contributed by atoms with Crippen LogP contribution < -0.4 is 5.56 Å². The molecule has 4 heterocycles. The van der Waals surface area contributed by atoms with E-state index in [0.717, 1.165) is 34.6 Å². The minimum atomic E-state index is -3.62. The first-order chi connectivity index (χ1) is 14.0. The van der Waals surface area contributed by atoms with Crippen LogP contribution in [0.2, 0.25) is 0 Å². The number of aromatic nitrogens is 3. The van der Waals surface area contributed by atoms with Crippen LogP contribution in [0.1, 0.15) is 11.3 Å². The van der Waals surface area contributed by atoms with Crippen LogP contribution in [0.5, 0.6) is 0 Å². The van der Waals surface area contributed by atoms with Gasteiger partial charge in [0.1, 0.15) is 4.90 Å². The molecule has 3 aromatic rings. The maximum absolute atomic E-state index is 13.1. The van der Waals surface area contributed by atoms with E-state index in [2.05, 4.69) is 10.1 Å². The average molecular weight is 429 g/mol. The van der Waals surface area contributed by atoms with Gasteiger partial charge in [0.25, 0.3) is 5.56 Å². The Morgan fingerprint density at radius 2 is 2.00 bits per heavy atom. The summed E-state index contributed by atoms with van der Waals surface area (Å²) in [6.45, 7) is 1.21. The van der Waals surface area contributed by atoms with Crippen molar-refractivity contribution in [2.45, 2.75) is 23.6 Å². The van der Waals surface area contributed by atoms with E-state index in [9.17, 15) is 13.2 Å². The van der Waals surface area contributed by atoms with Crippen molar-refractivity contribution in [3.63, 3.8) is 0 Å². The Morgan fingerprint density at radius 3 is 2.86 bits per heavy atom. The zero-order valence-electron chi connectivity index (χ0n) is 15.7. The Balaban J connectivity index is 1.34. The molecule has 0 amide bonds. The number of thioether (sulfide) groups is 1. The standard InChI is InChI=1S/C20H20N4O3S2/c25-19-9-16-13-28-8-6-17(16)22-24(19)12-14-10-23(11-14)29(26,27)18-5-1-3-15-4-2-7-21-20(15)18/h1-5,7,9,14H,6,8,10-13H2. The van der Waals surface area contributed by atoms with Gasteiger partial charge in [0.15, 0.2) is 0 Å². The Labute approximate surface area is 172 Å². The van der Waals surface area contributed by atoms with Crippen LogP contribution in [-0.4, -0.2) is 46.3 Å². The van der Waals surface area contributed by atoms with E-state index in [-0.39, 0.29) is 16.4 Å². The molecule has 0 spiro atoms. The lowest BCUT2D eigenvalue weighted by atomic mass is 10.0. The lowest BCUT2D eigenvalue weighted by Gasteiger charge is -2.38. The van der Waals surface area contributed by atoms with Crippen LogP contribution in [0, 0.1) is 5.92 Å². The molecule has 2 aliphatic rings. The number of para-hydroxylation sites is 1. The fourth-order valence-electron chi connectivity index (χ4n) is 3.89. The van der Waals surface area contributed by atoms with Crippen molar-refractivity contribution in [1.29, 1.82) is 0 Å². The summed E-state index contributed by atoms with van der Waals surface area (Å²) in [4.78, 5) is 16.9. The third-order valence-electron chi connectivity index (χ3n) is 5.47. The summed E-state index contributed by atoms with van der Waals surface area (Å²) in [5.74, 6) is 1.94. The van der Waals surface area contributed by atoms with Crippen molar-refractivity contribution in [2.24, 2.45) is 5.92 Å². The molecule has 1 saturated heterocycles. The van der Waals surface area contributed by atoms with Crippen LogP contribution in [0.25, 0.3) is 10.9 Å². The van der Waals surface area contributed by atoms with Crippen LogP contribution in [-0.2, 0) is 28.7 Å². The third-order valence-corrected chi connectivity index (χ3v) is 8.34. The maximum Gasteiger partial charge on any atom is 0.267 e. The molecule has 1 aromatic carbocycles. The zero-order chi connectivity index (χ0) is 20.0.